The summed E-state index contributed by atoms with van der Waals surface area (Å²) in [6.07, 6.45) is 1.48. The lowest BCUT2D eigenvalue weighted by atomic mass is 9.98. The fraction of sp³-hybridized carbons (Fsp3) is 0.375. The van der Waals surface area contributed by atoms with Crippen molar-refractivity contribution < 1.29 is 9.53 Å². The van der Waals surface area contributed by atoms with Crippen LogP contribution < -0.4 is 4.74 Å². The van der Waals surface area contributed by atoms with Crippen LogP contribution in [0.4, 0.5) is 4.79 Å². The Balaban J connectivity index is 1.38. The Kier molecular flexibility index (Phi) is 3.89. The molecule has 3 aromatic rings. The van der Waals surface area contributed by atoms with E-state index in [4.69, 9.17) is 4.74 Å². The minimum Gasteiger partial charge on any atom is -0.410 e. The molecule has 0 saturated carbocycles. The van der Waals surface area contributed by atoms with Gasteiger partial charge in [0.05, 0.1) is 0 Å². The molecule has 4 rings (SSSR count). The monoisotopic (exact) mass is 343 g/mol. The number of ether oxygens (including phenoxy) is 1. The number of hydrogen-bond acceptors (Lipinski definition) is 6. The topological polar surface area (TPSA) is 72.6 Å². The molecule has 0 unspecified atom stereocenters. The van der Waals surface area contributed by atoms with E-state index in [1.54, 1.807) is 32.9 Å². The Bertz CT molecular complexity index is 852. The fourth-order valence-electron chi connectivity index (χ4n) is 2.86. The van der Waals surface area contributed by atoms with Gasteiger partial charge >= 0.3 is 6.09 Å². The van der Waals surface area contributed by atoms with Gasteiger partial charge in [-0.2, -0.15) is 9.61 Å². The third kappa shape index (κ3) is 2.84. The summed E-state index contributed by atoms with van der Waals surface area (Å²) in [5.41, 5.74) is 0. The van der Waals surface area contributed by atoms with Gasteiger partial charge in [-0.3, -0.25) is 0 Å². The molecule has 0 spiro atoms. The molecule has 1 aromatic carbocycles. The number of piperidine rings is 1. The lowest BCUT2D eigenvalue weighted by Crippen LogP contribution is -2.39. The zero-order valence-electron chi connectivity index (χ0n) is 13.3. The molecule has 1 amide bonds. The van der Waals surface area contributed by atoms with E-state index < -0.39 is 0 Å². The van der Waals surface area contributed by atoms with E-state index in [2.05, 4.69) is 15.3 Å². The second-order valence-corrected chi connectivity index (χ2v) is 6.81. The van der Waals surface area contributed by atoms with Gasteiger partial charge in [0, 0.05) is 19.0 Å². The number of para-hydroxylation sites is 1. The molecule has 3 heterocycles. The third-order valence-electron chi connectivity index (χ3n) is 4.21. The van der Waals surface area contributed by atoms with E-state index in [0.717, 1.165) is 28.6 Å². The van der Waals surface area contributed by atoms with Crippen molar-refractivity contribution in [3.8, 4) is 5.75 Å². The quantitative estimate of drug-likeness (QED) is 0.715. The molecule has 0 bridgehead atoms. The van der Waals surface area contributed by atoms with Gasteiger partial charge < -0.3 is 9.64 Å². The van der Waals surface area contributed by atoms with Crippen LogP contribution in [0.1, 0.15) is 29.6 Å². The van der Waals surface area contributed by atoms with Gasteiger partial charge in [0.1, 0.15) is 10.8 Å². The van der Waals surface area contributed by atoms with Crippen molar-refractivity contribution in [1.29, 1.82) is 0 Å². The lowest BCUT2D eigenvalue weighted by molar-refractivity contribution is 0.138. The number of nitrogens with zero attached hydrogens (tertiary/aromatic N) is 5. The van der Waals surface area contributed by atoms with Gasteiger partial charge in [-0.15, -0.1) is 10.2 Å². The van der Waals surface area contributed by atoms with Gasteiger partial charge in [-0.1, -0.05) is 29.5 Å². The van der Waals surface area contributed by atoms with Crippen LogP contribution in [0.5, 0.6) is 5.75 Å². The van der Waals surface area contributed by atoms with E-state index in [-0.39, 0.29) is 6.09 Å². The average Bonchev–Trinajstić information content (AvgIpc) is 3.18. The van der Waals surface area contributed by atoms with Crippen molar-refractivity contribution >= 4 is 22.4 Å². The van der Waals surface area contributed by atoms with Crippen molar-refractivity contribution in [2.24, 2.45) is 0 Å². The maximum Gasteiger partial charge on any atom is 0.415 e. The highest BCUT2D eigenvalue weighted by atomic mass is 32.1. The Labute approximate surface area is 142 Å². The number of rotatable bonds is 2. The Morgan fingerprint density at radius 3 is 2.67 bits per heavy atom. The predicted molar refractivity (Wildman–Crippen MR) is 89.4 cm³/mol. The van der Waals surface area contributed by atoms with Crippen LogP contribution in [-0.4, -0.2) is 43.9 Å². The number of benzene rings is 1. The first-order valence-electron chi connectivity index (χ1n) is 7.91. The first kappa shape index (κ1) is 15.1. The van der Waals surface area contributed by atoms with Crippen LogP contribution >= 0.6 is 11.3 Å². The molecule has 1 fully saturated rings. The summed E-state index contributed by atoms with van der Waals surface area (Å²) in [6.45, 7) is 3.25. The second kappa shape index (κ2) is 6.20. The Morgan fingerprint density at radius 2 is 1.96 bits per heavy atom. The smallest absolute Gasteiger partial charge is 0.410 e. The molecule has 1 aliphatic heterocycles. The molecule has 0 atom stereocenters. The molecular weight excluding hydrogens is 326 g/mol. The Hall–Kier alpha value is -2.48. The van der Waals surface area contributed by atoms with E-state index in [0.29, 0.717) is 24.8 Å². The predicted octanol–water partition coefficient (Wildman–Crippen LogP) is 2.87. The number of carbonyl (C=O) groups excluding carboxylic acids is 1. The zero-order valence-corrected chi connectivity index (χ0v) is 14.1. The summed E-state index contributed by atoms with van der Waals surface area (Å²) in [5, 5.41) is 13.8. The maximum absolute atomic E-state index is 12.2. The highest BCUT2D eigenvalue weighted by Crippen LogP contribution is 2.31. The van der Waals surface area contributed by atoms with E-state index in [1.807, 2.05) is 25.1 Å². The molecule has 124 valence electrons. The van der Waals surface area contributed by atoms with Crippen LogP contribution in [0.2, 0.25) is 0 Å². The van der Waals surface area contributed by atoms with Gasteiger partial charge in [-0.05, 0) is 31.9 Å². The molecular formula is C16H17N5O2S. The minimum absolute atomic E-state index is 0.284. The molecule has 24 heavy (non-hydrogen) atoms. The molecule has 1 saturated heterocycles. The van der Waals surface area contributed by atoms with Crippen LogP contribution in [0.25, 0.3) is 4.96 Å². The molecule has 8 heteroatoms. The summed E-state index contributed by atoms with van der Waals surface area (Å²) in [6, 6.07) is 9.17. The zero-order chi connectivity index (χ0) is 16.5. The molecule has 7 nitrogen and oxygen atoms in total. The number of fused-ring (bicyclic) bond motifs is 1. The Morgan fingerprint density at radius 1 is 1.21 bits per heavy atom. The van der Waals surface area contributed by atoms with E-state index in [9.17, 15) is 4.79 Å². The number of hydrogen-bond donors (Lipinski definition) is 0. The highest BCUT2D eigenvalue weighted by molar-refractivity contribution is 7.16. The van der Waals surface area contributed by atoms with Gasteiger partial charge in [-0.25, -0.2) is 4.79 Å². The number of likely N-dealkylation sites (tertiary alicyclic amines) is 1. The number of carbonyl (C=O) groups is 1. The van der Waals surface area contributed by atoms with Crippen molar-refractivity contribution in [3.05, 3.63) is 41.2 Å². The van der Waals surface area contributed by atoms with Crippen molar-refractivity contribution in [3.63, 3.8) is 0 Å². The molecule has 0 radical (unpaired) electrons. The van der Waals surface area contributed by atoms with Gasteiger partial charge in [0.2, 0.25) is 4.96 Å². The molecule has 0 N–H and O–H groups in total. The van der Waals surface area contributed by atoms with E-state index in [1.165, 1.54) is 0 Å². The van der Waals surface area contributed by atoms with Crippen LogP contribution in [-0.2, 0) is 0 Å². The van der Waals surface area contributed by atoms with Gasteiger partial charge in [0.15, 0.2) is 5.82 Å². The first-order valence-corrected chi connectivity index (χ1v) is 8.73. The molecule has 1 aliphatic rings. The lowest BCUT2D eigenvalue weighted by Gasteiger charge is -2.30. The summed E-state index contributed by atoms with van der Waals surface area (Å²) >= 11 is 1.58. The minimum atomic E-state index is -0.284. The summed E-state index contributed by atoms with van der Waals surface area (Å²) in [4.78, 5) is 14.8. The first-order chi connectivity index (χ1) is 11.7. The van der Waals surface area contributed by atoms with Crippen LogP contribution in [0, 0.1) is 6.92 Å². The van der Waals surface area contributed by atoms with Crippen molar-refractivity contribution in [2.45, 2.75) is 25.7 Å². The van der Waals surface area contributed by atoms with Crippen LogP contribution in [0.3, 0.4) is 0 Å². The fourth-order valence-corrected chi connectivity index (χ4v) is 3.91. The van der Waals surface area contributed by atoms with E-state index >= 15 is 0 Å². The standard InChI is InChI=1S/C16H17N5O2S/c1-11-17-18-15-21(11)19-14(24-15)12-7-9-20(10-8-12)16(22)23-13-5-3-2-4-6-13/h2-6,12H,7-10H2,1H3. The van der Waals surface area contributed by atoms with Crippen molar-refractivity contribution in [1.82, 2.24) is 24.7 Å². The van der Waals surface area contributed by atoms with Gasteiger partial charge in [0.25, 0.3) is 0 Å². The summed E-state index contributed by atoms with van der Waals surface area (Å²) in [5.74, 6) is 1.74. The SMILES string of the molecule is Cc1nnc2sc(C3CCN(C(=O)Oc4ccccc4)CC3)nn12. The molecule has 0 aliphatic carbocycles. The van der Waals surface area contributed by atoms with Crippen molar-refractivity contribution in [2.75, 3.05) is 13.1 Å². The highest BCUT2D eigenvalue weighted by Gasteiger charge is 2.27. The maximum atomic E-state index is 12.2. The second-order valence-electron chi connectivity index (χ2n) is 5.82. The number of aryl methyl sites for hydroxylation is 1. The van der Waals surface area contributed by atoms with Crippen LogP contribution in [0.15, 0.2) is 30.3 Å². The normalized spacial score (nSPS) is 15.8. The number of amides is 1. The largest absolute Gasteiger partial charge is 0.415 e. The summed E-state index contributed by atoms with van der Waals surface area (Å²) < 4.78 is 7.19. The third-order valence-corrected chi connectivity index (χ3v) is 5.27. The molecule has 2 aromatic heterocycles. The average molecular weight is 343 g/mol. The summed E-state index contributed by atoms with van der Waals surface area (Å²) in [7, 11) is 0. The number of aromatic nitrogens is 4.